The van der Waals surface area contributed by atoms with E-state index in [2.05, 4.69) is 5.16 Å². The van der Waals surface area contributed by atoms with E-state index in [1.807, 2.05) is 24.3 Å². The van der Waals surface area contributed by atoms with Crippen LogP contribution >= 0.6 is 0 Å². The Morgan fingerprint density at radius 3 is 2.75 bits per heavy atom. The van der Waals surface area contributed by atoms with Crippen molar-refractivity contribution in [1.29, 1.82) is 0 Å². The van der Waals surface area contributed by atoms with Crippen molar-refractivity contribution in [2.24, 2.45) is 16.8 Å². The molecule has 0 saturated heterocycles. The molecule has 0 saturated carbocycles. The fourth-order valence-electron chi connectivity index (χ4n) is 1.85. The lowest BCUT2D eigenvalue weighted by atomic mass is 10.1. The molecule has 1 rings (SSSR count). The van der Waals surface area contributed by atoms with Crippen LogP contribution in [0.5, 0.6) is 5.75 Å². The first kappa shape index (κ1) is 15.8. The van der Waals surface area contributed by atoms with Gasteiger partial charge in [-0.15, -0.1) is 0 Å². The number of rotatable bonds is 6. The second-order valence-electron chi connectivity index (χ2n) is 4.69. The minimum atomic E-state index is -0.202. The summed E-state index contributed by atoms with van der Waals surface area (Å²) < 4.78 is 5.22. The van der Waals surface area contributed by atoms with Crippen LogP contribution < -0.4 is 10.5 Å². The molecule has 1 atom stereocenters. The normalized spacial score (nSPS) is 12.8. The van der Waals surface area contributed by atoms with Gasteiger partial charge in [-0.25, -0.2) is 0 Å². The predicted molar refractivity (Wildman–Crippen MR) is 76.9 cm³/mol. The second-order valence-corrected chi connectivity index (χ2v) is 4.69. The first-order chi connectivity index (χ1) is 9.49. The summed E-state index contributed by atoms with van der Waals surface area (Å²) in [5, 5.41) is 11.6. The number of benzene rings is 1. The van der Waals surface area contributed by atoms with Crippen molar-refractivity contribution in [2.75, 3.05) is 20.7 Å². The van der Waals surface area contributed by atoms with Crippen LogP contribution in [0.2, 0.25) is 0 Å². The fraction of sp³-hybridized carbons (Fsp3) is 0.429. The number of hydrogen-bond acceptors (Lipinski definition) is 4. The molecule has 0 aliphatic rings. The van der Waals surface area contributed by atoms with E-state index in [1.165, 1.54) is 0 Å². The van der Waals surface area contributed by atoms with Crippen molar-refractivity contribution in [3.8, 4) is 5.75 Å². The average Bonchev–Trinajstić information content (AvgIpc) is 2.46. The maximum atomic E-state index is 12.2. The molecule has 0 fully saturated rings. The van der Waals surface area contributed by atoms with Crippen LogP contribution in [0.15, 0.2) is 29.4 Å². The number of carbonyl (C=O) groups excluding carboxylic acids is 1. The highest BCUT2D eigenvalue weighted by Crippen LogP contribution is 2.18. The van der Waals surface area contributed by atoms with E-state index < -0.39 is 0 Å². The van der Waals surface area contributed by atoms with Gasteiger partial charge in [0.2, 0.25) is 5.91 Å². The first-order valence-electron chi connectivity index (χ1n) is 6.32. The van der Waals surface area contributed by atoms with Gasteiger partial charge in [-0.2, -0.15) is 0 Å². The molecule has 0 radical (unpaired) electrons. The van der Waals surface area contributed by atoms with Gasteiger partial charge >= 0.3 is 0 Å². The zero-order valence-electron chi connectivity index (χ0n) is 12.0. The van der Waals surface area contributed by atoms with Gasteiger partial charge < -0.3 is 20.6 Å². The molecule has 3 N–H and O–H groups in total. The molecular weight excluding hydrogens is 258 g/mol. The van der Waals surface area contributed by atoms with E-state index in [4.69, 9.17) is 15.7 Å². The molecule has 1 aromatic rings. The zero-order chi connectivity index (χ0) is 15.1. The summed E-state index contributed by atoms with van der Waals surface area (Å²) >= 11 is 0. The molecule has 6 nitrogen and oxygen atoms in total. The lowest BCUT2D eigenvalue weighted by Crippen LogP contribution is -2.37. The van der Waals surface area contributed by atoms with Gasteiger partial charge in [0, 0.05) is 25.1 Å². The number of oxime groups is 1. The summed E-state index contributed by atoms with van der Waals surface area (Å²) in [6.07, 6.45) is 0.253. The molecule has 0 aliphatic heterocycles. The molecule has 0 aromatic heterocycles. The van der Waals surface area contributed by atoms with Gasteiger partial charge in [0.05, 0.1) is 13.5 Å². The first-order valence-corrected chi connectivity index (χ1v) is 6.32. The third kappa shape index (κ3) is 4.15. The van der Waals surface area contributed by atoms with Crippen LogP contribution in [-0.2, 0) is 11.2 Å². The highest BCUT2D eigenvalue weighted by molar-refractivity contribution is 5.83. The minimum absolute atomic E-state index is 0.0490. The lowest BCUT2D eigenvalue weighted by molar-refractivity contribution is -0.129. The number of amidine groups is 1. The van der Waals surface area contributed by atoms with Crippen molar-refractivity contribution in [3.05, 3.63) is 29.8 Å². The van der Waals surface area contributed by atoms with Gasteiger partial charge in [-0.05, 0) is 6.07 Å². The Balaban J connectivity index is 2.66. The Morgan fingerprint density at radius 2 is 2.15 bits per heavy atom. The molecule has 0 aliphatic carbocycles. The minimum Gasteiger partial charge on any atom is -0.496 e. The smallest absolute Gasteiger partial charge is 0.226 e. The summed E-state index contributed by atoms with van der Waals surface area (Å²) in [4.78, 5) is 13.7. The molecule has 1 aromatic carbocycles. The molecule has 1 amide bonds. The van der Waals surface area contributed by atoms with Crippen LogP contribution in [0.25, 0.3) is 0 Å². The van der Waals surface area contributed by atoms with E-state index >= 15 is 0 Å². The average molecular weight is 279 g/mol. The van der Waals surface area contributed by atoms with Gasteiger partial charge in [-0.3, -0.25) is 4.79 Å². The van der Waals surface area contributed by atoms with Crippen molar-refractivity contribution in [2.45, 2.75) is 13.3 Å². The molecule has 6 heteroatoms. The number of para-hydroxylation sites is 1. The van der Waals surface area contributed by atoms with Crippen LogP contribution in [0.4, 0.5) is 0 Å². The molecule has 1 unspecified atom stereocenters. The van der Waals surface area contributed by atoms with Crippen LogP contribution in [0, 0.1) is 5.92 Å². The number of methoxy groups -OCH3 is 1. The summed E-state index contributed by atoms with van der Waals surface area (Å²) in [7, 11) is 3.27. The van der Waals surface area contributed by atoms with Gasteiger partial charge in [0.25, 0.3) is 0 Å². The molecule has 0 bridgehead atoms. The zero-order valence-corrected chi connectivity index (χ0v) is 12.0. The monoisotopic (exact) mass is 279 g/mol. The van der Waals surface area contributed by atoms with Crippen LogP contribution in [0.1, 0.15) is 12.5 Å². The highest BCUT2D eigenvalue weighted by atomic mass is 16.5. The van der Waals surface area contributed by atoms with E-state index in [9.17, 15) is 4.79 Å². The quantitative estimate of drug-likeness (QED) is 0.353. The van der Waals surface area contributed by atoms with Gasteiger partial charge in [0.1, 0.15) is 11.6 Å². The third-order valence-corrected chi connectivity index (χ3v) is 3.13. The number of hydrogen-bond donors (Lipinski definition) is 2. The van der Waals surface area contributed by atoms with E-state index in [0.29, 0.717) is 12.3 Å². The number of nitrogens with zero attached hydrogens (tertiary/aromatic N) is 2. The van der Waals surface area contributed by atoms with Crippen molar-refractivity contribution < 1.29 is 14.7 Å². The number of carbonyl (C=O) groups is 1. The predicted octanol–water partition coefficient (Wildman–Crippen LogP) is 1.08. The summed E-state index contributed by atoms with van der Waals surface area (Å²) in [5.41, 5.74) is 6.34. The van der Waals surface area contributed by atoms with Crippen LogP contribution in [-0.4, -0.2) is 42.6 Å². The van der Waals surface area contributed by atoms with Gasteiger partial charge in [-0.1, -0.05) is 30.3 Å². The fourth-order valence-corrected chi connectivity index (χ4v) is 1.85. The van der Waals surface area contributed by atoms with E-state index in [-0.39, 0.29) is 24.1 Å². The summed E-state index contributed by atoms with van der Waals surface area (Å²) in [6, 6.07) is 7.40. The van der Waals surface area contributed by atoms with Gasteiger partial charge in [0.15, 0.2) is 0 Å². The van der Waals surface area contributed by atoms with Crippen LogP contribution in [0.3, 0.4) is 0 Å². The number of amides is 1. The topological polar surface area (TPSA) is 88.2 Å². The molecule has 20 heavy (non-hydrogen) atoms. The largest absolute Gasteiger partial charge is 0.496 e. The summed E-state index contributed by atoms with van der Waals surface area (Å²) in [6.45, 7) is 2.19. The highest BCUT2D eigenvalue weighted by Gasteiger charge is 2.17. The summed E-state index contributed by atoms with van der Waals surface area (Å²) in [5.74, 6) is 0.555. The molecule has 110 valence electrons. The molecule has 0 heterocycles. The standard InChI is InChI=1S/C14H21N3O3/c1-10(14(15)16-19)9-17(2)13(18)8-11-6-4-5-7-12(11)20-3/h4-7,10,19H,8-9H2,1-3H3,(H2,15,16). The lowest BCUT2D eigenvalue weighted by Gasteiger charge is -2.21. The maximum absolute atomic E-state index is 12.2. The Kier molecular flexibility index (Phi) is 5.83. The van der Waals surface area contributed by atoms with E-state index in [1.54, 1.807) is 26.0 Å². The number of likely N-dealkylation sites (N-methyl/N-ethyl adjacent to an activating group) is 1. The number of ether oxygens (including phenoxy) is 1. The second kappa shape index (κ2) is 7.37. The van der Waals surface area contributed by atoms with Crippen molar-refractivity contribution in [1.82, 2.24) is 4.90 Å². The maximum Gasteiger partial charge on any atom is 0.226 e. The SMILES string of the molecule is COc1ccccc1CC(=O)N(C)CC(C)C(N)=NO. The Hall–Kier alpha value is -2.24. The van der Waals surface area contributed by atoms with Crippen molar-refractivity contribution >= 4 is 11.7 Å². The Labute approximate surface area is 118 Å². The Bertz CT molecular complexity index is 488. The Morgan fingerprint density at radius 1 is 1.50 bits per heavy atom. The number of nitrogens with two attached hydrogens (primary N) is 1. The van der Waals surface area contributed by atoms with Crippen molar-refractivity contribution in [3.63, 3.8) is 0 Å². The van der Waals surface area contributed by atoms with E-state index in [0.717, 1.165) is 5.56 Å². The third-order valence-electron chi connectivity index (χ3n) is 3.13. The molecular formula is C14H21N3O3. The molecule has 0 spiro atoms.